The molecule has 0 atom stereocenters. The van der Waals surface area contributed by atoms with Crippen molar-refractivity contribution >= 4 is 33.7 Å². The Hall–Kier alpha value is -2.08. The maximum absolute atomic E-state index is 3.96. The van der Waals surface area contributed by atoms with E-state index in [1.165, 1.54) is 37.9 Å². The van der Waals surface area contributed by atoms with Crippen LogP contribution < -0.4 is 5.22 Å². The molecule has 0 aliphatic heterocycles. The van der Waals surface area contributed by atoms with Crippen molar-refractivity contribution in [1.29, 1.82) is 0 Å². The van der Waals surface area contributed by atoms with E-state index in [0.29, 0.717) is 0 Å². The topological polar surface area (TPSA) is 0 Å². The number of hydrogen-bond acceptors (Lipinski definition) is 0. The molecule has 0 saturated heterocycles. The Kier molecular flexibility index (Phi) is 2.87. The quantitative estimate of drug-likeness (QED) is 0.606. The van der Waals surface area contributed by atoms with Crippen molar-refractivity contribution in [2.24, 2.45) is 0 Å². The third kappa shape index (κ3) is 1.84. The minimum Gasteiger partial charge on any atom is -0.0984 e. The van der Waals surface area contributed by atoms with Gasteiger partial charge >= 0.3 is 0 Å². The third-order valence-corrected chi connectivity index (χ3v) is 3.70. The summed E-state index contributed by atoms with van der Waals surface area (Å²) in [7, 11) is 0. The van der Waals surface area contributed by atoms with Crippen molar-refractivity contribution in [1.82, 2.24) is 0 Å². The summed E-state index contributed by atoms with van der Waals surface area (Å²) < 4.78 is 0. The van der Waals surface area contributed by atoms with Crippen molar-refractivity contribution in [3.8, 4) is 0 Å². The number of rotatable bonds is 2. The molecule has 0 aliphatic carbocycles. The SMILES string of the molecule is C=Cc1ccc2cc(C)cc3cc/c(=C/CC)c1c23. The van der Waals surface area contributed by atoms with Gasteiger partial charge in [0.25, 0.3) is 0 Å². The van der Waals surface area contributed by atoms with Crippen LogP contribution in [0.4, 0.5) is 0 Å². The van der Waals surface area contributed by atoms with Crippen molar-refractivity contribution in [3.63, 3.8) is 0 Å². The molecular weight excluding hydrogens is 228 g/mol. The molecule has 3 rings (SSSR count). The summed E-state index contributed by atoms with van der Waals surface area (Å²) >= 11 is 0. The molecule has 0 radical (unpaired) electrons. The number of aryl methyl sites for hydroxylation is 1. The molecule has 0 aliphatic rings. The van der Waals surface area contributed by atoms with E-state index in [1.54, 1.807) is 0 Å². The summed E-state index contributed by atoms with van der Waals surface area (Å²) in [5.74, 6) is 0. The molecule has 0 heterocycles. The van der Waals surface area contributed by atoms with Gasteiger partial charge in [0.1, 0.15) is 0 Å². The normalized spacial score (nSPS) is 12.4. The summed E-state index contributed by atoms with van der Waals surface area (Å²) in [6, 6.07) is 13.4. The van der Waals surface area contributed by atoms with E-state index in [0.717, 1.165) is 6.42 Å². The molecular formula is C19H18. The van der Waals surface area contributed by atoms with Crippen LogP contribution in [0.2, 0.25) is 0 Å². The molecule has 0 amide bonds. The van der Waals surface area contributed by atoms with Gasteiger partial charge in [-0.1, -0.05) is 62.1 Å². The first-order valence-corrected chi connectivity index (χ1v) is 6.83. The molecule has 0 saturated carbocycles. The third-order valence-electron chi connectivity index (χ3n) is 3.70. The maximum atomic E-state index is 3.96. The fraction of sp³-hybridized carbons (Fsp3) is 0.158. The molecule has 3 aromatic carbocycles. The summed E-state index contributed by atoms with van der Waals surface area (Å²) in [5.41, 5.74) is 2.54. The van der Waals surface area contributed by atoms with Gasteiger partial charge in [-0.15, -0.1) is 0 Å². The molecule has 0 N–H and O–H groups in total. The van der Waals surface area contributed by atoms with Crippen LogP contribution in [-0.4, -0.2) is 0 Å². The zero-order chi connectivity index (χ0) is 13.4. The molecule has 94 valence electrons. The Morgan fingerprint density at radius 3 is 2.32 bits per heavy atom. The minimum absolute atomic E-state index is 1.05. The smallest absolute Gasteiger partial charge is 0.00267 e. The van der Waals surface area contributed by atoms with Crippen LogP contribution in [0, 0.1) is 6.92 Å². The minimum atomic E-state index is 1.05. The predicted molar refractivity (Wildman–Crippen MR) is 86.3 cm³/mol. The highest BCUT2D eigenvalue weighted by molar-refractivity contribution is 6.13. The van der Waals surface area contributed by atoms with Crippen LogP contribution >= 0.6 is 0 Å². The molecule has 0 heteroatoms. The average Bonchev–Trinajstić information content (AvgIpc) is 2.41. The van der Waals surface area contributed by atoms with E-state index in [4.69, 9.17) is 0 Å². The first-order valence-electron chi connectivity index (χ1n) is 6.83. The lowest BCUT2D eigenvalue weighted by Gasteiger charge is -2.10. The molecule has 19 heavy (non-hydrogen) atoms. The first-order chi connectivity index (χ1) is 9.24. The summed E-state index contributed by atoms with van der Waals surface area (Å²) in [6.07, 6.45) is 5.30. The zero-order valence-electron chi connectivity index (χ0n) is 11.5. The lowest BCUT2D eigenvalue weighted by Crippen LogP contribution is -2.04. The van der Waals surface area contributed by atoms with Gasteiger partial charge in [-0.2, -0.15) is 0 Å². The highest BCUT2D eigenvalue weighted by atomic mass is 14.1. The van der Waals surface area contributed by atoms with Gasteiger partial charge < -0.3 is 0 Å². The van der Waals surface area contributed by atoms with Crippen LogP contribution in [0.3, 0.4) is 0 Å². The Bertz CT molecular complexity index is 803. The van der Waals surface area contributed by atoms with Crippen LogP contribution in [0.5, 0.6) is 0 Å². The lowest BCUT2D eigenvalue weighted by molar-refractivity contribution is 1.29. The van der Waals surface area contributed by atoms with E-state index in [2.05, 4.69) is 62.9 Å². The van der Waals surface area contributed by atoms with E-state index >= 15 is 0 Å². The van der Waals surface area contributed by atoms with Gasteiger partial charge in [0.15, 0.2) is 0 Å². The van der Waals surface area contributed by atoms with Gasteiger partial charge in [0.05, 0.1) is 0 Å². The second-order valence-electron chi connectivity index (χ2n) is 5.09. The molecule has 0 spiro atoms. The lowest BCUT2D eigenvalue weighted by atomic mass is 9.93. The fourth-order valence-corrected chi connectivity index (χ4v) is 2.94. The van der Waals surface area contributed by atoms with Crippen LogP contribution in [-0.2, 0) is 0 Å². The van der Waals surface area contributed by atoms with Crippen LogP contribution in [0.15, 0.2) is 43.0 Å². The highest BCUT2D eigenvalue weighted by Gasteiger charge is 2.07. The maximum Gasteiger partial charge on any atom is -0.00267 e. The van der Waals surface area contributed by atoms with Gasteiger partial charge in [0, 0.05) is 0 Å². The summed E-state index contributed by atoms with van der Waals surface area (Å²) in [6.45, 7) is 8.30. The van der Waals surface area contributed by atoms with E-state index in [1.807, 2.05) is 6.08 Å². The molecule has 0 fully saturated rings. The van der Waals surface area contributed by atoms with Gasteiger partial charge in [-0.3, -0.25) is 0 Å². The van der Waals surface area contributed by atoms with E-state index in [-0.39, 0.29) is 0 Å². The molecule has 0 aromatic heterocycles. The van der Waals surface area contributed by atoms with Gasteiger partial charge in [-0.05, 0) is 51.2 Å². The molecule has 0 unspecified atom stereocenters. The van der Waals surface area contributed by atoms with Gasteiger partial charge in [-0.25, -0.2) is 0 Å². The van der Waals surface area contributed by atoms with Crippen molar-refractivity contribution in [2.45, 2.75) is 20.3 Å². The van der Waals surface area contributed by atoms with E-state index < -0.39 is 0 Å². The van der Waals surface area contributed by atoms with Crippen molar-refractivity contribution < 1.29 is 0 Å². The Morgan fingerprint density at radius 1 is 1.00 bits per heavy atom. The van der Waals surface area contributed by atoms with Crippen LogP contribution in [0.25, 0.3) is 33.7 Å². The summed E-state index contributed by atoms with van der Waals surface area (Å²) in [4.78, 5) is 0. The second-order valence-corrected chi connectivity index (χ2v) is 5.09. The molecule has 0 bridgehead atoms. The fourth-order valence-electron chi connectivity index (χ4n) is 2.94. The van der Waals surface area contributed by atoms with Crippen molar-refractivity contribution in [2.75, 3.05) is 0 Å². The standard InChI is InChI=1S/C19H18/c1-4-6-15-8-10-17-12-13(3)11-16-9-7-14(5-2)18(15)19(16)17/h5-12H,2,4H2,1,3H3/b15-6-. The number of benzene rings is 3. The average molecular weight is 246 g/mol. The Balaban J connectivity index is 2.64. The highest BCUT2D eigenvalue weighted by Crippen LogP contribution is 2.28. The largest absolute Gasteiger partial charge is 0.0984 e. The summed E-state index contributed by atoms with van der Waals surface area (Å²) in [5, 5.41) is 6.67. The van der Waals surface area contributed by atoms with Crippen molar-refractivity contribution in [3.05, 3.63) is 59.3 Å². The first kappa shape index (κ1) is 12.0. The number of hydrogen-bond donors (Lipinski definition) is 0. The Labute approximate surface area is 114 Å². The Morgan fingerprint density at radius 2 is 1.68 bits per heavy atom. The van der Waals surface area contributed by atoms with E-state index in [9.17, 15) is 0 Å². The predicted octanol–water partition coefficient (Wildman–Crippen LogP) is 4.85. The molecule has 3 aromatic rings. The van der Waals surface area contributed by atoms with Gasteiger partial charge in [0.2, 0.25) is 0 Å². The molecule has 0 nitrogen and oxygen atoms in total. The monoisotopic (exact) mass is 246 g/mol. The van der Waals surface area contributed by atoms with Crippen LogP contribution in [0.1, 0.15) is 24.5 Å². The second kappa shape index (κ2) is 4.55. The zero-order valence-corrected chi connectivity index (χ0v) is 11.5.